The van der Waals surface area contributed by atoms with Gasteiger partial charge in [-0.25, -0.2) is 8.42 Å². The van der Waals surface area contributed by atoms with Gasteiger partial charge in [0.05, 0.1) is 0 Å². The Morgan fingerprint density at radius 3 is 1.85 bits per heavy atom. The van der Waals surface area contributed by atoms with Crippen LogP contribution in [-0.4, -0.2) is 30.0 Å². The highest BCUT2D eigenvalue weighted by atomic mass is 32.2. The van der Waals surface area contributed by atoms with Gasteiger partial charge in [0.1, 0.15) is 10.8 Å². The normalized spacial score (nSPS) is 13.5. The third-order valence-electron chi connectivity index (χ3n) is 3.91. The van der Waals surface area contributed by atoms with Crippen molar-refractivity contribution in [3.05, 3.63) is 33.8 Å². The highest BCUT2D eigenvalue weighted by molar-refractivity contribution is 7.92. The van der Waals surface area contributed by atoms with Crippen molar-refractivity contribution in [3.8, 4) is 5.75 Å². The van der Waals surface area contributed by atoms with Crippen molar-refractivity contribution >= 4 is 33.3 Å². The molecule has 142 valence electrons. The summed E-state index contributed by atoms with van der Waals surface area (Å²) in [5, 5.41) is 18.9. The Balaban J connectivity index is 2.51. The average molecular weight is 395 g/mol. The molecular formula is C19H26N2O3S2. The SMILES string of the molecule is CC(C)(C)c1cc(C=Cc2nnc(S(C)(=O)=O)s2)cc(C(C)(C)C)c1O. The van der Waals surface area contributed by atoms with Crippen LogP contribution in [0.15, 0.2) is 16.5 Å². The van der Waals surface area contributed by atoms with Crippen molar-refractivity contribution in [1.29, 1.82) is 0 Å². The largest absolute Gasteiger partial charge is 0.507 e. The molecule has 0 spiro atoms. The van der Waals surface area contributed by atoms with E-state index in [1.165, 1.54) is 0 Å². The minimum absolute atomic E-state index is 0.00798. The zero-order chi connectivity index (χ0) is 19.9. The van der Waals surface area contributed by atoms with E-state index in [1.54, 1.807) is 6.08 Å². The van der Waals surface area contributed by atoms with Gasteiger partial charge in [0, 0.05) is 17.4 Å². The summed E-state index contributed by atoms with van der Waals surface area (Å²) in [5.74, 6) is 0.331. The molecule has 0 saturated carbocycles. The Kier molecular flexibility index (Phi) is 5.36. The van der Waals surface area contributed by atoms with Gasteiger partial charge in [-0.15, -0.1) is 10.2 Å². The molecule has 0 aliphatic heterocycles. The van der Waals surface area contributed by atoms with Crippen LogP contribution in [0.3, 0.4) is 0 Å². The van der Waals surface area contributed by atoms with Crippen LogP contribution < -0.4 is 0 Å². The summed E-state index contributed by atoms with van der Waals surface area (Å²) in [6.45, 7) is 12.4. The third kappa shape index (κ3) is 4.71. The number of aromatic hydroxyl groups is 1. The fourth-order valence-electron chi connectivity index (χ4n) is 2.50. The zero-order valence-electron chi connectivity index (χ0n) is 16.3. The lowest BCUT2D eigenvalue weighted by molar-refractivity contribution is 0.423. The number of hydrogen-bond acceptors (Lipinski definition) is 6. The van der Waals surface area contributed by atoms with Gasteiger partial charge in [0.2, 0.25) is 14.2 Å². The van der Waals surface area contributed by atoms with Gasteiger partial charge in [0.15, 0.2) is 0 Å². The van der Waals surface area contributed by atoms with E-state index >= 15 is 0 Å². The third-order valence-corrected chi connectivity index (χ3v) is 6.46. The molecule has 2 aromatic rings. The lowest BCUT2D eigenvalue weighted by atomic mass is 9.78. The van der Waals surface area contributed by atoms with Crippen LogP contribution in [0.2, 0.25) is 0 Å². The predicted molar refractivity (Wildman–Crippen MR) is 107 cm³/mol. The molecule has 0 aliphatic rings. The minimum Gasteiger partial charge on any atom is -0.507 e. The molecule has 1 heterocycles. The maximum atomic E-state index is 11.5. The lowest BCUT2D eigenvalue weighted by Gasteiger charge is -2.27. The van der Waals surface area contributed by atoms with Crippen LogP contribution in [0.1, 0.15) is 63.2 Å². The van der Waals surface area contributed by atoms with Crippen molar-refractivity contribution in [2.45, 2.75) is 56.7 Å². The summed E-state index contributed by atoms with van der Waals surface area (Å²) >= 11 is 1.04. The molecule has 0 bridgehead atoms. The average Bonchev–Trinajstić information content (AvgIpc) is 2.92. The number of sulfone groups is 1. The number of phenols is 1. The molecule has 1 N–H and O–H groups in total. The van der Waals surface area contributed by atoms with Gasteiger partial charge >= 0.3 is 0 Å². The number of aromatic nitrogens is 2. The molecule has 1 aromatic heterocycles. The van der Waals surface area contributed by atoms with Gasteiger partial charge < -0.3 is 5.11 Å². The number of phenolic OH excluding ortho intramolecular Hbond substituents is 1. The van der Waals surface area contributed by atoms with E-state index in [0.717, 1.165) is 34.3 Å². The van der Waals surface area contributed by atoms with Crippen LogP contribution in [0.25, 0.3) is 12.2 Å². The molecule has 0 amide bonds. The Hall–Kier alpha value is -1.73. The molecule has 0 saturated heterocycles. The highest BCUT2D eigenvalue weighted by Crippen LogP contribution is 2.40. The summed E-state index contributed by atoms with van der Waals surface area (Å²) in [6, 6.07) is 3.92. The Labute approximate surface area is 159 Å². The van der Waals surface area contributed by atoms with Gasteiger partial charge in [-0.05, 0) is 34.6 Å². The second-order valence-corrected chi connectivity index (χ2v) is 11.7. The smallest absolute Gasteiger partial charge is 0.232 e. The van der Waals surface area contributed by atoms with Crippen LogP contribution in [-0.2, 0) is 20.7 Å². The summed E-state index contributed by atoms with van der Waals surface area (Å²) in [6.07, 6.45) is 4.74. The molecule has 7 heteroatoms. The van der Waals surface area contributed by atoms with Crippen LogP contribution in [0.4, 0.5) is 0 Å². The molecule has 0 aliphatic carbocycles. The van der Waals surface area contributed by atoms with Crippen molar-refractivity contribution in [1.82, 2.24) is 10.2 Å². The van der Waals surface area contributed by atoms with E-state index in [4.69, 9.17) is 0 Å². The fraction of sp³-hybridized carbons (Fsp3) is 0.474. The van der Waals surface area contributed by atoms with E-state index in [-0.39, 0.29) is 15.2 Å². The second-order valence-electron chi connectivity index (χ2n) is 8.48. The monoisotopic (exact) mass is 394 g/mol. The molecule has 0 radical (unpaired) electrons. The van der Waals surface area contributed by atoms with Crippen molar-refractivity contribution in [2.24, 2.45) is 0 Å². The Morgan fingerprint density at radius 2 is 1.46 bits per heavy atom. The van der Waals surface area contributed by atoms with E-state index in [2.05, 4.69) is 51.7 Å². The van der Waals surface area contributed by atoms with E-state index in [1.807, 2.05) is 18.2 Å². The molecule has 1 aromatic carbocycles. The molecule has 0 atom stereocenters. The zero-order valence-corrected chi connectivity index (χ0v) is 17.9. The van der Waals surface area contributed by atoms with E-state index in [9.17, 15) is 13.5 Å². The number of rotatable bonds is 3. The lowest BCUT2D eigenvalue weighted by Crippen LogP contribution is -2.17. The maximum absolute atomic E-state index is 11.5. The first-order valence-electron chi connectivity index (χ1n) is 8.29. The number of nitrogens with zero attached hydrogens (tertiary/aromatic N) is 2. The summed E-state index contributed by atoms with van der Waals surface area (Å²) in [5.41, 5.74) is 2.26. The van der Waals surface area contributed by atoms with Crippen molar-refractivity contribution < 1.29 is 13.5 Å². The van der Waals surface area contributed by atoms with Gasteiger partial charge in [-0.2, -0.15) is 0 Å². The van der Waals surface area contributed by atoms with Crippen LogP contribution >= 0.6 is 11.3 Å². The molecule has 2 rings (SSSR count). The fourth-order valence-corrected chi connectivity index (χ4v) is 4.03. The molecule has 0 unspecified atom stereocenters. The number of hydrogen-bond donors (Lipinski definition) is 1. The van der Waals surface area contributed by atoms with Crippen molar-refractivity contribution in [3.63, 3.8) is 0 Å². The van der Waals surface area contributed by atoms with Crippen molar-refractivity contribution in [2.75, 3.05) is 6.26 Å². The van der Waals surface area contributed by atoms with E-state index in [0.29, 0.717) is 10.8 Å². The topological polar surface area (TPSA) is 80.2 Å². The quantitative estimate of drug-likeness (QED) is 0.834. The Morgan fingerprint density at radius 1 is 0.962 bits per heavy atom. The highest BCUT2D eigenvalue weighted by Gasteiger charge is 2.26. The summed E-state index contributed by atoms with van der Waals surface area (Å²) in [7, 11) is -3.34. The predicted octanol–water partition coefficient (Wildman–Crippen LogP) is 4.41. The Bertz CT molecular complexity index is 909. The first kappa shape index (κ1) is 20.6. The summed E-state index contributed by atoms with van der Waals surface area (Å²) in [4.78, 5) is 0. The number of benzene rings is 1. The molecule has 5 nitrogen and oxygen atoms in total. The first-order chi connectivity index (χ1) is 11.7. The standard InChI is InChI=1S/C19H26N2O3S2/c1-18(2,3)13-10-12(11-14(16(13)22)19(4,5)6)8-9-15-20-21-17(25-15)26(7,23)24/h8-11,22H,1-7H3. The second kappa shape index (κ2) is 6.78. The molecular weight excluding hydrogens is 368 g/mol. The molecule has 26 heavy (non-hydrogen) atoms. The van der Waals surface area contributed by atoms with Gasteiger partial charge in [-0.3, -0.25) is 0 Å². The summed E-state index contributed by atoms with van der Waals surface area (Å²) < 4.78 is 23.1. The van der Waals surface area contributed by atoms with Gasteiger partial charge in [0.25, 0.3) is 0 Å². The van der Waals surface area contributed by atoms with Gasteiger partial charge in [-0.1, -0.05) is 59.0 Å². The maximum Gasteiger partial charge on any atom is 0.232 e. The molecule has 0 fully saturated rings. The van der Waals surface area contributed by atoms with Crippen LogP contribution in [0, 0.1) is 0 Å². The van der Waals surface area contributed by atoms with Crippen LogP contribution in [0.5, 0.6) is 5.75 Å². The minimum atomic E-state index is -3.34. The first-order valence-corrected chi connectivity index (χ1v) is 11.0. The van der Waals surface area contributed by atoms with E-state index < -0.39 is 9.84 Å².